The number of rotatable bonds is 22. The summed E-state index contributed by atoms with van der Waals surface area (Å²) in [5.41, 5.74) is 1.76. The lowest BCUT2D eigenvalue weighted by Gasteiger charge is -2.40. The molecule has 0 aliphatic rings. The van der Waals surface area contributed by atoms with Crippen LogP contribution in [0.15, 0.2) is 48.5 Å². The van der Waals surface area contributed by atoms with Gasteiger partial charge in [0.25, 0.3) is 0 Å². The molecule has 0 saturated carbocycles. The van der Waals surface area contributed by atoms with Crippen LogP contribution in [0.2, 0.25) is 18.1 Å². The normalized spacial score (nSPS) is 12.7. The second kappa shape index (κ2) is 20.4. The molecular weight excluding hydrogens is 620 g/mol. The third-order valence-electron chi connectivity index (χ3n) is 8.28. The van der Waals surface area contributed by atoms with Crippen LogP contribution in [0.25, 0.3) is 0 Å². The Bertz CT molecular complexity index is 1220. The van der Waals surface area contributed by atoms with Crippen molar-refractivity contribution in [3.8, 4) is 11.5 Å². The van der Waals surface area contributed by atoms with Crippen LogP contribution < -0.4 is 9.47 Å². The summed E-state index contributed by atoms with van der Waals surface area (Å²) in [7, 11) is 0.548. The average molecular weight is 677 g/mol. The summed E-state index contributed by atoms with van der Waals surface area (Å²) in [4.78, 5) is 29.6. The number of hydrogen-bond donors (Lipinski definition) is 0. The zero-order valence-corrected chi connectivity index (χ0v) is 30.8. The first-order valence-electron chi connectivity index (χ1n) is 16.2. The zero-order chi connectivity index (χ0) is 34.9. The van der Waals surface area contributed by atoms with E-state index in [1.807, 2.05) is 72.2 Å². The number of methoxy groups -OCH3 is 2. The fourth-order valence-corrected chi connectivity index (χ4v) is 5.50. The molecule has 0 amide bonds. The highest BCUT2D eigenvalue weighted by molar-refractivity contribution is 6.74. The standard InChI is InChI=1S/C35H56N2O9Si/c1-10-42-26-44-31-18-14-12-16-28(31)20-36(23-33(38)40-6)22-30(25-46-47(8,9)35(3,4)5)37(24-34(39)41-7)21-29-17-13-15-19-32(29)45-27-43-11-2/h12-19,30H,10-11,20-27H2,1-9H3/t30-/m1/s1. The number of para-hydroxylation sites is 2. The molecule has 0 aliphatic heterocycles. The van der Waals surface area contributed by atoms with Gasteiger partial charge in [-0.3, -0.25) is 19.4 Å². The van der Waals surface area contributed by atoms with Gasteiger partial charge in [0.1, 0.15) is 11.5 Å². The van der Waals surface area contributed by atoms with E-state index in [-0.39, 0.29) is 49.7 Å². The SMILES string of the molecule is CCOCOc1ccccc1CN(CC(=O)OC)C[C@H](CO[Si](C)(C)C(C)(C)C)N(CC(=O)OC)Cc1ccccc1OCOCC. The number of benzene rings is 2. The third-order valence-corrected chi connectivity index (χ3v) is 12.8. The Morgan fingerprint density at radius 1 is 0.766 bits per heavy atom. The number of carbonyl (C=O) groups excluding carboxylic acids is 2. The van der Waals surface area contributed by atoms with Gasteiger partial charge in [-0.2, -0.15) is 0 Å². The highest BCUT2D eigenvalue weighted by Gasteiger charge is 2.38. The van der Waals surface area contributed by atoms with Crippen LogP contribution >= 0.6 is 0 Å². The fraction of sp³-hybridized carbons (Fsp3) is 0.600. The highest BCUT2D eigenvalue weighted by atomic mass is 28.4. The fourth-order valence-electron chi connectivity index (χ4n) is 4.46. The Balaban J connectivity index is 2.54. The van der Waals surface area contributed by atoms with Crippen LogP contribution in [-0.2, 0) is 46.1 Å². The first kappa shape index (κ1) is 40.2. The van der Waals surface area contributed by atoms with Gasteiger partial charge in [0.2, 0.25) is 0 Å². The predicted molar refractivity (Wildman–Crippen MR) is 184 cm³/mol. The number of ether oxygens (including phenoxy) is 6. The Hall–Kier alpha value is -3.00. The molecule has 0 aliphatic carbocycles. The van der Waals surface area contributed by atoms with Crippen LogP contribution in [0.5, 0.6) is 11.5 Å². The molecule has 0 N–H and O–H groups in total. The minimum atomic E-state index is -2.21. The second-order valence-corrected chi connectivity index (χ2v) is 17.5. The lowest BCUT2D eigenvalue weighted by molar-refractivity contribution is -0.145. The van der Waals surface area contributed by atoms with Crippen molar-refractivity contribution in [3.63, 3.8) is 0 Å². The van der Waals surface area contributed by atoms with E-state index < -0.39 is 8.32 Å². The topological polar surface area (TPSA) is 105 Å². The molecule has 264 valence electrons. The quantitative estimate of drug-likeness (QED) is 0.0686. The van der Waals surface area contributed by atoms with Crippen LogP contribution in [0.1, 0.15) is 45.7 Å². The van der Waals surface area contributed by atoms with Crippen LogP contribution in [0, 0.1) is 0 Å². The molecule has 0 saturated heterocycles. The summed E-state index contributed by atoms with van der Waals surface area (Å²) in [6.45, 7) is 17.5. The monoisotopic (exact) mass is 676 g/mol. The largest absolute Gasteiger partial charge is 0.468 e. The Morgan fingerprint density at radius 2 is 1.26 bits per heavy atom. The van der Waals surface area contributed by atoms with Gasteiger partial charge in [0.05, 0.1) is 33.9 Å². The van der Waals surface area contributed by atoms with Crippen LogP contribution in [0.4, 0.5) is 0 Å². The summed E-state index contributed by atoms with van der Waals surface area (Å²) in [6, 6.07) is 15.0. The van der Waals surface area contributed by atoms with Gasteiger partial charge in [-0.05, 0) is 44.1 Å². The predicted octanol–water partition coefficient (Wildman–Crippen LogP) is 5.47. The molecule has 2 aromatic rings. The van der Waals surface area contributed by atoms with Crippen molar-refractivity contribution in [2.75, 3.05) is 67.3 Å². The molecule has 12 heteroatoms. The molecule has 47 heavy (non-hydrogen) atoms. The first-order chi connectivity index (χ1) is 22.3. The maximum Gasteiger partial charge on any atom is 0.319 e. The molecule has 0 radical (unpaired) electrons. The van der Waals surface area contributed by atoms with Gasteiger partial charge in [0.15, 0.2) is 21.9 Å². The molecule has 0 heterocycles. The van der Waals surface area contributed by atoms with E-state index >= 15 is 0 Å². The zero-order valence-electron chi connectivity index (χ0n) is 29.8. The third kappa shape index (κ3) is 13.9. The van der Waals surface area contributed by atoms with E-state index in [2.05, 4.69) is 33.9 Å². The summed E-state index contributed by atoms with van der Waals surface area (Å²) >= 11 is 0. The van der Waals surface area contributed by atoms with Gasteiger partial charge >= 0.3 is 11.9 Å². The van der Waals surface area contributed by atoms with Gasteiger partial charge in [-0.25, -0.2) is 0 Å². The molecule has 11 nitrogen and oxygen atoms in total. The number of hydrogen-bond acceptors (Lipinski definition) is 11. The number of carbonyl (C=O) groups is 2. The van der Waals surface area contributed by atoms with E-state index in [4.69, 9.17) is 32.8 Å². The highest BCUT2D eigenvalue weighted by Crippen LogP contribution is 2.37. The van der Waals surface area contributed by atoms with Crippen molar-refractivity contribution in [2.24, 2.45) is 0 Å². The maximum absolute atomic E-state index is 12.9. The summed E-state index contributed by atoms with van der Waals surface area (Å²) in [5.74, 6) is 0.559. The first-order valence-corrected chi connectivity index (χ1v) is 19.1. The lowest BCUT2D eigenvalue weighted by Crippen LogP contribution is -2.52. The molecule has 0 bridgehead atoms. The summed E-state index contributed by atoms with van der Waals surface area (Å²) in [6.07, 6.45) is 0. The van der Waals surface area contributed by atoms with Crippen molar-refractivity contribution in [2.45, 2.75) is 71.9 Å². The molecule has 0 spiro atoms. The Morgan fingerprint density at radius 3 is 1.74 bits per heavy atom. The van der Waals surface area contributed by atoms with Crippen molar-refractivity contribution >= 4 is 20.3 Å². The summed E-state index contributed by atoms with van der Waals surface area (Å²) in [5, 5.41) is -0.0347. The number of esters is 2. The average Bonchev–Trinajstić information content (AvgIpc) is 3.03. The van der Waals surface area contributed by atoms with E-state index in [0.717, 1.165) is 11.1 Å². The van der Waals surface area contributed by atoms with E-state index in [9.17, 15) is 9.59 Å². The molecule has 0 fully saturated rings. The minimum absolute atomic E-state index is 0.00193. The van der Waals surface area contributed by atoms with Crippen LogP contribution in [-0.4, -0.2) is 103 Å². The number of nitrogens with zero attached hydrogens (tertiary/aromatic N) is 2. The Kier molecular flexibility index (Phi) is 17.4. The molecule has 1 atom stereocenters. The van der Waals surface area contributed by atoms with E-state index in [1.54, 1.807) is 0 Å². The van der Waals surface area contributed by atoms with E-state index in [0.29, 0.717) is 51.0 Å². The van der Waals surface area contributed by atoms with Gasteiger partial charge < -0.3 is 32.8 Å². The lowest BCUT2D eigenvalue weighted by atomic mass is 10.1. The van der Waals surface area contributed by atoms with E-state index in [1.165, 1.54) is 14.2 Å². The molecular formula is C35H56N2O9Si. The minimum Gasteiger partial charge on any atom is -0.468 e. The molecule has 0 aromatic heterocycles. The smallest absolute Gasteiger partial charge is 0.319 e. The van der Waals surface area contributed by atoms with Crippen molar-refractivity contribution in [1.82, 2.24) is 9.80 Å². The Labute approximate surface area is 282 Å². The van der Waals surface area contributed by atoms with Gasteiger partial charge in [-0.15, -0.1) is 0 Å². The van der Waals surface area contributed by atoms with Gasteiger partial charge in [0, 0.05) is 50.0 Å². The molecule has 2 aromatic carbocycles. The van der Waals surface area contributed by atoms with Crippen molar-refractivity contribution < 1.29 is 42.4 Å². The second-order valence-electron chi connectivity index (χ2n) is 12.7. The van der Waals surface area contributed by atoms with Gasteiger partial charge in [-0.1, -0.05) is 57.2 Å². The summed E-state index contributed by atoms with van der Waals surface area (Å²) < 4.78 is 39.7. The van der Waals surface area contributed by atoms with Crippen molar-refractivity contribution in [1.29, 1.82) is 0 Å². The maximum atomic E-state index is 12.9. The van der Waals surface area contributed by atoms with Crippen molar-refractivity contribution in [3.05, 3.63) is 59.7 Å². The molecule has 2 rings (SSSR count). The van der Waals surface area contributed by atoms with Crippen LogP contribution in [0.3, 0.4) is 0 Å². The molecule has 0 unspecified atom stereocenters.